The molecule has 0 atom stereocenters. The van der Waals surface area contributed by atoms with Gasteiger partial charge in [0.2, 0.25) is 0 Å². The van der Waals surface area contributed by atoms with Crippen LogP contribution in [0.2, 0.25) is 0 Å². The van der Waals surface area contributed by atoms with E-state index in [1.807, 2.05) is 84.9 Å². The summed E-state index contributed by atoms with van der Waals surface area (Å²) in [6, 6.07) is 38.6. The molecule has 0 saturated carbocycles. The fourth-order valence-corrected chi connectivity index (χ4v) is 5.83. The van der Waals surface area contributed by atoms with Gasteiger partial charge in [0.1, 0.15) is 0 Å². The maximum atomic E-state index is 6.25. The third-order valence-electron chi connectivity index (χ3n) is 7.99. The molecule has 8 rings (SSSR count). The van der Waals surface area contributed by atoms with E-state index in [1.165, 1.54) is 16.7 Å². The summed E-state index contributed by atoms with van der Waals surface area (Å²) in [6.07, 6.45) is 0. The molecule has 0 fully saturated rings. The van der Waals surface area contributed by atoms with E-state index in [-0.39, 0.29) is 5.41 Å². The van der Waals surface area contributed by atoms with Crippen molar-refractivity contribution >= 4 is 0 Å². The minimum Gasteiger partial charge on any atom is -0.450 e. The van der Waals surface area contributed by atoms with Crippen molar-refractivity contribution in [3.8, 4) is 68.3 Å². The van der Waals surface area contributed by atoms with Crippen molar-refractivity contribution in [2.24, 2.45) is 0 Å². The third kappa shape index (κ3) is 3.81. The number of nitrogens with zero attached hydrogens (tertiary/aromatic N) is 3. The van der Waals surface area contributed by atoms with Crippen LogP contribution >= 0.6 is 0 Å². The summed E-state index contributed by atoms with van der Waals surface area (Å²) in [4.78, 5) is 14.7. The van der Waals surface area contributed by atoms with Gasteiger partial charge in [-0.05, 0) is 52.6 Å². The highest BCUT2D eigenvalue weighted by atomic mass is 16.6. The fourth-order valence-electron chi connectivity index (χ4n) is 5.83. The second kappa shape index (κ2) is 8.86. The molecule has 0 N–H and O–H groups in total. The lowest BCUT2D eigenvalue weighted by Crippen LogP contribution is -2.15. The topological polar surface area (TPSA) is 57.1 Å². The Morgan fingerprint density at radius 2 is 0.927 bits per heavy atom. The first-order chi connectivity index (χ1) is 20.0. The van der Waals surface area contributed by atoms with Crippen molar-refractivity contribution < 1.29 is 9.47 Å². The smallest absolute Gasteiger partial charge is 0.170 e. The average molecular weight is 532 g/mol. The molecule has 1 aliphatic heterocycles. The second-order valence-corrected chi connectivity index (χ2v) is 10.9. The number of para-hydroxylation sites is 2. The number of hydrogen-bond acceptors (Lipinski definition) is 5. The number of benzene rings is 5. The lowest BCUT2D eigenvalue weighted by atomic mass is 9.82. The quantitative estimate of drug-likeness (QED) is 0.228. The molecular weight excluding hydrogens is 506 g/mol. The molecule has 5 nitrogen and oxygen atoms in total. The zero-order valence-corrected chi connectivity index (χ0v) is 22.6. The van der Waals surface area contributed by atoms with Crippen LogP contribution in [-0.2, 0) is 5.41 Å². The summed E-state index contributed by atoms with van der Waals surface area (Å²) in [5.74, 6) is 4.88. The van der Waals surface area contributed by atoms with E-state index in [1.54, 1.807) is 0 Å². The summed E-state index contributed by atoms with van der Waals surface area (Å²) in [6.45, 7) is 4.51. The van der Waals surface area contributed by atoms with Gasteiger partial charge < -0.3 is 9.47 Å². The molecule has 196 valence electrons. The lowest BCUT2D eigenvalue weighted by molar-refractivity contribution is 0.359. The van der Waals surface area contributed by atoms with E-state index in [2.05, 4.69) is 44.2 Å². The Kier molecular flexibility index (Phi) is 5.10. The molecule has 6 aromatic rings. The lowest BCUT2D eigenvalue weighted by Gasteiger charge is -2.25. The van der Waals surface area contributed by atoms with Crippen LogP contribution in [0.3, 0.4) is 0 Å². The number of ether oxygens (including phenoxy) is 2. The molecule has 41 heavy (non-hydrogen) atoms. The molecule has 5 heteroatoms. The van der Waals surface area contributed by atoms with Crippen molar-refractivity contribution in [1.29, 1.82) is 0 Å². The number of rotatable bonds is 3. The fraction of sp³-hybridized carbons (Fsp3) is 0.0833. The predicted octanol–water partition coefficient (Wildman–Crippen LogP) is 9.08. The van der Waals surface area contributed by atoms with Crippen molar-refractivity contribution in [2.75, 3.05) is 0 Å². The molecule has 2 aliphatic rings. The molecule has 0 spiro atoms. The van der Waals surface area contributed by atoms with E-state index < -0.39 is 0 Å². The molecule has 0 saturated heterocycles. The monoisotopic (exact) mass is 531 g/mol. The standard InChI is InChI=1S/C36H25N3O2/c1-36(2)27-19-24(35-38-33(22-11-5-3-6-12-22)37-34(39-35)23-13-7-4-8-14-23)17-18-25(27)26-20-31-32(21-28(26)36)41-30-16-10-9-15-29(30)40-31/h3-21H,1-2H3. The van der Waals surface area contributed by atoms with Crippen molar-refractivity contribution in [1.82, 2.24) is 15.0 Å². The van der Waals surface area contributed by atoms with Crippen LogP contribution in [0.15, 0.2) is 115 Å². The van der Waals surface area contributed by atoms with Crippen LogP contribution in [0.25, 0.3) is 45.3 Å². The van der Waals surface area contributed by atoms with E-state index in [4.69, 9.17) is 24.4 Å². The van der Waals surface area contributed by atoms with Crippen molar-refractivity contribution in [3.05, 3.63) is 126 Å². The minimum absolute atomic E-state index is 0.256. The van der Waals surface area contributed by atoms with Crippen LogP contribution < -0.4 is 9.47 Å². The van der Waals surface area contributed by atoms with Crippen LogP contribution in [0.5, 0.6) is 23.0 Å². The highest BCUT2D eigenvalue weighted by Crippen LogP contribution is 2.55. The Bertz CT molecular complexity index is 1910. The Balaban J connectivity index is 1.25. The summed E-state index contributed by atoms with van der Waals surface area (Å²) in [7, 11) is 0. The molecule has 0 bridgehead atoms. The average Bonchev–Trinajstić information content (AvgIpc) is 3.24. The third-order valence-corrected chi connectivity index (χ3v) is 7.99. The molecule has 1 aromatic heterocycles. The van der Waals surface area contributed by atoms with Gasteiger partial charge in [0.15, 0.2) is 40.5 Å². The van der Waals surface area contributed by atoms with E-state index in [0.29, 0.717) is 17.5 Å². The van der Waals surface area contributed by atoms with Gasteiger partial charge in [-0.2, -0.15) is 0 Å². The summed E-state index contributed by atoms with van der Waals surface area (Å²) in [5, 5.41) is 0. The molecule has 0 amide bonds. The first kappa shape index (κ1) is 23.6. The van der Waals surface area contributed by atoms with Gasteiger partial charge in [-0.3, -0.25) is 0 Å². The molecule has 1 aliphatic carbocycles. The second-order valence-electron chi connectivity index (χ2n) is 10.9. The van der Waals surface area contributed by atoms with E-state index in [0.717, 1.165) is 45.3 Å². The molecule has 0 radical (unpaired) electrons. The highest BCUT2D eigenvalue weighted by molar-refractivity contribution is 5.85. The van der Waals surface area contributed by atoms with Gasteiger partial charge in [0.05, 0.1) is 0 Å². The van der Waals surface area contributed by atoms with Gasteiger partial charge in [-0.25, -0.2) is 15.0 Å². The highest BCUT2D eigenvalue weighted by Gasteiger charge is 2.38. The van der Waals surface area contributed by atoms with E-state index in [9.17, 15) is 0 Å². The minimum atomic E-state index is -0.256. The molecule has 5 aromatic carbocycles. The summed E-state index contributed by atoms with van der Waals surface area (Å²) < 4.78 is 12.5. The van der Waals surface area contributed by atoms with Crippen LogP contribution in [-0.4, -0.2) is 15.0 Å². The molecule has 0 unspecified atom stereocenters. The van der Waals surface area contributed by atoms with Crippen LogP contribution in [0.4, 0.5) is 0 Å². The van der Waals surface area contributed by atoms with Crippen molar-refractivity contribution in [2.45, 2.75) is 19.3 Å². The van der Waals surface area contributed by atoms with Gasteiger partial charge >= 0.3 is 0 Å². The van der Waals surface area contributed by atoms with Gasteiger partial charge in [-0.15, -0.1) is 0 Å². The summed E-state index contributed by atoms with van der Waals surface area (Å²) >= 11 is 0. The maximum Gasteiger partial charge on any atom is 0.170 e. The van der Waals surface area contributed by atoms with Crippen LogP contribution in [0.1, 0.15) is 25.0 Å². The molecular formula is C36H25N3O2. The van der Waals surface area contributed by atoms with E-state index >= 15 is 0 Å². The maximum absolute atomic E-state index is 6.25. The Hall–Kier alpha value is -5.29. The number of fused-ring (bicyclic) bond motifs is 5. The SMILES string of the molecule is CC1(C)c2cc(-c3nc(-c4ccccc4)nc(-c4ccccc4)n3)ccc2-c2cc3c(cc21)Oc1ccccc1O3. The predicted molar refractivity (Wildman–Crippen MR) is 160 cm³/mol. The molecule has 2 heterocycles. The summed E-state index contributed by atoms with van der Waals surface area (Å²) in [5.41, 5.74) is 7.36. The largest absolute Gasteiger partial charge is 0.450 e. The number of hydrogen-bond donors (Lipinski definition) is 0. The Labute approximate surface area is 238 Å². The van der Waals surface area contributed by atoms with Gasteiger partial charge in [0, 0.05) is 22.1 Å². The first-order valence-electron chi connectivity index (χ1n) is 13.7. The van der Waals surface area contributed by atoms with Crippen LogP contribution in [0, 0.1) is 0 Å². The zero-order valence-electron chi connectivity index (χ0n) is 22.6. The Morgan fingerprint density at radius 3 is 1.51 bits per heavy atom. The van der Waals surface area contributed by atoms with Crippen molar-refractivity contribution in [3.63, 3.8) is 0 Å². The Morgan fingerprint density at radius 1 is 0.439 bits per heavy atom. The normalized spacial score (nSPS) is 13.7. The van der Waals surface area contributed by atoms with Gasteiger partial charge in [-0.1, -0.05) is 98.8 Å². The first-order valence-corrected chi connectivity index (χ1v) is 13.7. The number of aromatic nitrogens is 3. The zero-order chi connectivity index (χ0) is 27.6. The van der Waals surface area contributed by atoms with Gasteiger partial charge in [0.25, 0.3) is 0 Å².